The summed E-state index contributed by atoms with van der Waals surface area (Å²) in [7, 11) is 3.22. The topological polar surface area (TPSA) is 56.8 Å². The molecule has 0 spiro atoms. The Kier molecular flexibility index (Phi) is 7.93. The molecule has 1 unspecified atom stereocenters. The Morgan fingerprint density at radius 3 is 2.32 bits per heavy atom. The zero-order chi connectivity index (χ0) is 20.5. The summed E-state index contributed by atoms with van der Waals surface area (Å²) in [5, 5.41) is 3.05. The number of carbonyl (C=O) groups is 1. The van der Waals surface area contributed by atoms with E-state index < -0.39 is 0 Å². The molecule has 0 radical (unpaired) electrons. The molecule has 2 aromatic carbocycles. The van der Waals surface area contributed by atoms with Crippen molar-refractivity contribution in [1.82, 2.24) is 5.32 Å². The van der Waals surface area contributed by atoms with E-state index in [1.807, 2.05) is 61.5 Å². The van der Waals surface area contributed by atoms with Gasteiger partial charge in [0.05, 0.1) is 20.3 Å². The standard InChI is InChI=1S/C23H29NO4/c1-6-7-17-8-13-20(21(14-17)27-5)28-15-22(25)24-23(16(2)3)18-9-11-19(26-4)12-10-18/h6-14,16,23H,15H2,1-5H3,(H,24,25). The molecule has 0 aliphatic rings. The van der Waals surface area contributed by atoms with Gasteiger partial charge in [0.25, 0.3) is 5.91 Å². The smallest absolute Gasteiger partial charge is 0.258 e. The average molecular weight is 383 g/mol. The molecule has 5 heteroatoms. The molecule has 28 heavy (non-hydrogen) atoms. The van der Waals surface area contributed by atoms with Crippen molar-refractivity contribution in [2.75, 3.05) is 20.8 Å². The predicted octanol–water partition coefficient (Wildman–Crippen LogP) is 4.63. The summed E-state index contributed by atoms with van der Waals surface area (Å²) in [6.07, 6.45) is 3.93. The Morgan fingerprint density at radius 2 is 1.75 bits per heavy atom. The number of methoxy groups -OCH3 is 2. The van der Waals surface area contributed by atoms with Gasteiger partial charge >= 0.3 is 0 Å². The lowest BCUT2D eigenvalue weighted by atomic mass is 9.96. The van der Waals surface area contributed by atoms with Crippen LogP contribution in [0.2, 0.25) is 0 Å². The minimum absolute atomic E-state index is 0.0846. The quantitative estimate of drug-likeness (QED) is 0.686. The highest BCUT2D eigenvalue weighted by molar-refractivity contribution is 5.78. The van der Waals surface area contributed by atoms with Crippen molar-refractivity contribution < 1.29 is 19.0 Å². The van der Waals surface area contributed by atoms with Gasteiger partial charge in [-0.15, -0.1) is 0 Å². The van der Waals surface area contributed by atoms with Crippen LogP contribution in [0.25, 0.3) is 6.08 Å². The van der Waals surface area contributed by atoms with Crippen LogP contribution >= 0.6 is 0 Å². The Bertz CT molecular complexity index is 797. The van der Waals surface area contributed by atoms with Crippen LogP contribution < -0.4 is 19.5 Å². The summed E-state index contributed by atoms with van der Waals surface area (Å²) in [4.78, 5) is 12.5. The minimum atomic E-state index is -0.186. The van der Waals surface area contributed by atoms with E-state index in [2.05, 4.69) is 19.2 Å². The average Bonchev–Trinajstić information content (AvgIpc) is 2.71. The van der Waals surface area contributed by atoms with Crippen LogP contribution in [0.5, 0.6) is 17.2 Å². The summed E-state index contributed by atoms with van der Waals surface area (Å²) in [6, 6.07) is 13.2. The van der Waals surface area contributed by atoms with E-state index in [9.17, 15) is 4.79 Å². The van der Waals surface area contributed by atoms with Gasteiger partial charge in [-0.2, -0.15) is 0 Å². The van der Waals surface area contributed by atoms with Gasteiger partial charge in [0.15, 0.2) is 18.1 Å². The van der Waals surface area contributed by atoms with E-state index in [0.29, 0.717) is 11.5 Å². The van der Waals surface area contributed by atoms with Crippen molar-refractivity contribution in [1.29, 1.82) is 0 Å². The number of hydrogen-bond donors (Lipinski definition) is 1. The molecular formula is C23H29NO4. The fourth-order valence-electron chi connectivity index (χ4n) is 2.90. The highest BCUT2D eigenvalue weighted by Gasteiger charge is 2.19. The van der Waals surface area contributed by atoms with Crippen LogP contribution in [0.3, 0.4) is 0 Å². The molecule has 150 valence electrons. The fourth-order valence-corrected chi connectivity index (χ4v) is 2.90. The first kappa shape index (κ1) is 21.4. The van der Waals surface area contributed by atoms with Crippen LogP contribution in [-0.2, 0) is 4.79 Å². The lowest BCUT2D eigenvalue weighted by molar-refractivity contribution is -0.124. The molecule has 0 saturated carbocycles. The van der Waals surface area contributed by atoms with Crippen molar-refractivity contribution in [2.24, 2.45) is 5.92 Å². The first-order valence-corrected chi connectivity index (χ1v) is 9.35. The lowest BCUT2D eigenvalue weighted by Gasteiger charge is -2.23. The zero-order valence-corrected chi connectivity index (χ0v) is 17.2. The van der Waals surface area contributed by atoms with Crippen LogP contribution in [-0.4, -0.2) is 26.7 Å². The van der Waals surface area contributed by atoms with Crippen LogP contribution in [0.1, 0.15) is 37.9 Å². The normalized spacial score (nSPS) is 12.1. The summed E-state index contributed by atoms with van der Waals surface area (Å²) < 4.78 is 16.3. The summed E-state index contributed by atoms with van der Waals surface area (Å²) >= 11 is 0. The second kappa shape index (κ2) is 10.4. The van der Waals surface area contributed by atoms with Crippen molar-refractivity contribution >= 4 is 12.0 Å². The first-order chi connectivity index (χ1) is 13.5. The van der Waals surface area contributed by atoms with Gasteiger partial charge in [-0.05, 0) is 48.2 Å². The second-order valence-corrected chi connectivity index (χ2v) is 6.76. The van der Waals surface area contributed by atoms with Crippen molar-refractivity contribution in [3.8, 4) is 17.2 Å². The SMILES string of the molecule is CC=Cc1ccc(OCC(=O)NC(c2ccc(OC)cc2)C(C)C)c(OC)c1. The molecule has 0 saturated heterocycles. The molecule has 0 aliphatic heterocycles. The predicted molar refractivity (Wildman–Crippen MR) is 112 cm³/mol. The van der Waals surface area contributed by atoms with E-state index in [1.54, 1.807) is 14.2 Å². The summed E-state index contributed by atoms with van der Waals surface area (Å²) in [5.74, 6) is 1.96. The molecule has 0 aliphatic carbocycles. The Morgan fingerprint density at radius 1 is 1.04 bits per heavy atom. The van der Waals surface area contributed by atoms with Gasteiger partial charge in [-0.1, -0.05) is 44.2 Å². The number of benzene rings is 2. The Labute approximate surface area is 167 Å². The van der Waals surface area contributed by atoms with E-state index in [4.69, 9.17) is 14.2 Å². The molecule has 0 heterocycles. The van der Waals surface area contributed by atoms with E-state index >= 15 is 0 Å². The Hall–Kier alpha value is -2.95. The number of rotatable bonds is 9. The second-order valence-electron chi connectivity index (χ2n) is 6.76. The maximum absolute atomic E-state index is 12.5. The molecule has 0 bridgehead atoms. The third-order valence-electron chi connectivity index (χ3n) is 4.36. The molecule has 2 rings (SSSR count). The van der Waals surface area contributed by atoms with Gasteiger partial charge in [-0.3, -0.25) is 4.79 Å². The molecule has 0 aromatic heterocycles. The number of hydrogen-bond acceptors (Lipinski definition) is 4. The highest BCUT2D eigenvalue weighted by atomic mass is 16.5. The van der Waals surface area contributed by atoms with Crippen molar-refractivity contribution in [3.63, 3.8) is 0 Å². The lowest BCUT2D eigenvalue weighted by Crippen LogP contribution is -2.35. The molecule has 1 N–H and O–H groups in total. The first-order valence-electron chi connectivity index (χ1n) is 9.35. The van der Waals surface area contributed by atoms with E-state index in [0.717, 1.165) is 16.9 Å². The minimum Gasteiger partial charge on any atom is -0.497 e. The van der Waals surface area contributed by atoms with Gasteiger partial charge in [0.1, 0.15) is 5.75 Å². The maximum Gasteiger partial charge on any atom is 0.258 e. The number of carbonyl (C=O) groups excluding carboxylic acids is 1. The highest BCUT2D eigenvalue weighted by Crippen LogP contribution is 2.29. The van der Waals surface area contributed by atoms with Crippen molar-refractivity contribution in [3.05, 3.63) is 59.7 Å². The Balaban J connectivity index is 2.03. The van der Waals surface area contributed by atoms with Crippen molar-refractivity contribution in [2.45, 2.75) is 26.8 Å². The van der Waals surface area contributed by atoms with E-state index in [-0.39, 0.29) is 24.5 Å². The number of allylic oxidation sites excluding steroid dienone is 1. The maximum atomic E-state index is 12.5. The van der Waals surface area contributed by atoms with Gasteiger partial charge in [0, 0.05) is 0 Å². The van der Waals surface area contributed by atoms with Gasteiger partial charge < -0.3 is 19.5 Å². The number of ether oxygens (including phenoxy) is 3. The van der Waals surface area contributed by atoms with Crippen LogP contribution in [0.15, 0.2) is 48.5 Å². The fraction of sp³-hybridized carbons (Fsp3) is 0.348. The molecule has 2 aromatic rings. The molecule has 1 atom stereocenters. The molecule has 1 amide bonds. The third-order valence-corrected chi connectivity index (χ3v) is 4.36. The van der Waals surface area contributed by atoms with E-state index in [1.165, 1.54) is 0 Å². The largest absolute Gasteiger partial charge is 0.497 e. The monoisotopic (exact) mass is 383 g/mol. The summed E-state index contributed by atoms with van der Waals surface area (Å²) in [6.45, 7) is 6.01. The molecule has 0 fully saturated rings. The summed E-state index contributed by atoms with van der Waals surface area (Å²) in [5.41, 5.74) is 2.04. The van der Waals surface area contributed by atoms with Gasteiger partial charge in [0.2, 0.25) is 0 Å². The molecular weight excluding hydrogens is 354 g/mol. The number of nitrogens with one attached hydrogen (secondary N) is 1. The van der Waals surface area contributed by atoms with Crippen LogP contribution in [0, 0.1) is 5.92 Å². The number of amides is 1. The third kappa shape index (κ3) is 5.78. The molecule has 5 nitrogen and oxygen atoms in total. The zero-order valence-electron chi connectivity index (χ0n) is 17.2. The van der Waals surface area contributed by atoms with Gasteiger partial charge in [-0.25, -0.2) is 0 Å². The van der Waals surface area contributed by atoms with Crippen LogP contribution in [0.4, 0.5) is 0 Å².